The molecule has 0 atom stereocenters. The normalized spacial score (nSPS) is 10.6. The lowest BCUT2D eigenvalue weighted by atomic mass is 10.2. The van der Waals surface area contributed by atoms with Gasteiger partial charge < -0.3 is 4.57 Å². The van der Waals surface area contributed by atoms with Crippen LogP contribution < -0.4 is 0 Å². The maximum Gasteiger partial charge on any atom is 0.150 e. The number of halogens is 1. The second-order valence-electron chi connectivity index (χ2n) is 2.96. The zero-order chi connectivity index (χ0) is 9.42. The highest BCUT2D eigenvalue weighted by Gasteiger charge is 2.02. The average molecular weight is 238 g/mol. The van der Waals surface area contributed by atoms with Crippen LogP contribution in [0.1, 0.15) is 10.4 Å². The van der Waals surface area contributed by atoms with Crippen LogP contribution in [0.4, 0.5) is 0 Å². The van der Waals surface area contributed by atoms with Crippen molar-refractivity contribution in [3.63, 3.8) is 0 Å². The Morgan fingerprint density at radius 3 is 2.85 bits per heavy atom. The Kier molecular flexibility index (Phi) is 1.96. The monoisotopic (exact) mass is 237 g/mol. The molecule has 2 aromatic rings. The van der Waals surface area contributed by atoms with Crippen LogP contribution in [-0.2, 0) is 7.05 Å². The number of carbonyl (C=O) groups is 1. The van der Waals surface area contributed by atoms with E-state index in [2.05, 4.69) is 15.9 Å². The minimum atomic E-state index is 0.714. The van der Waals surface area contributed by atoms with Gasteiger partial charge in [-0.25, -0.2) is 0 Å². The molecule has 66 valence electrons. The molecule has 0 aliphatic rings. The van der Waals surface area contributed by atoms with E-state index in [0.717, 1.165) is 21.8 Å². The summed E-state index contributed by atoms with van der Waals surface area (Å²) in [7, 11) is 1.98. The van der Waals surface area contributed by atoms with Crippen LogP contribution in [0.2, 0.25) is 0 Å². The van der Waals surface area contributed by atoms with E-state index in [1.54, 1.807) is 0 Å². The highest BCUT2D eigenvalue weighted by molar-refractivity contribution is 9.10. The Labute approximate surface area is 84.3 Å². The fraction of sp³-hybridized carbons (Fsp3) is 0.100. The molecule has 0 saturated carbocycles. The summed E-state index contributed by atoms with van der Waals surface area (Å²) >= 11 is 3.43. The molecule has 2 rings (SSSR count). The van der Waals surface area contributed by atoms with Crippen molar-refractivity contribution in [2.75, 3.05) is 0 Å². The predicted octanol–water partition coefficient (Wildman–Crippen LogP) is 2.75. The van der Waals surface area contributed by atoms with Crippen molar-refractivity contribution >= 4 is 33.1 Å². The van der Waals surface area contributed by atoms with Crippen LogP contribution >= 0.6 is 15.9 Å². The van der Waals surface area contributed by atoms with Crippen molar-refractivity contribution in [2.24, 2.45) is 7.05 Å². The highest BCUT2D eigenvalue weighted by atomic mass is 79.9. The van der Waals surface area contributed by atoms with Gasteiger partial charge in [-0.1, -0.05) is 0 Å². The van der Waals surface area contributed by atoms with Gasteiger partial charge >= 0.3 is 0 Å². The van der Waals surface area contributed by atoms with Gasteiger partial charge in [-0.15, -0.1) is 0 Å². The molecule has 0 amide bonds. The summed E-state index contributed by atoms with van der Waals surface area (Å²) in [6.45, 7) is 0. The second-order valence-corrected chi connectivity index (χ2v) is 3.77. The summed E-state index contributed by atoms with van der Waals surface area (Å²) in [5, 5.41) is 1.08. The number of aldehydes is 1. The van der Waals surface area contributed by atoms with Gasteiger partial charge in [-0.05, 0) is 40.2 Å². The topological polar surface area (TPSA) is 22.0 Å². The molecule has 0 fully saturated rings. The molecule has 2 nitrogen and oxygen atoms in total. The first-order chi connectivity index (χ1) is 6.22. The van der Waals surface area contributed by atoms with Crippen LogP contribution in [0.15, 0.2) is 28.9 Å². The lowest BCUT2D eigenvalue weighted by Crippen LogP contribution is -1.86. The van der Waals surface area contributed by atoms with E-state index in [0.29, 0.717) is 5.56 Å². The molecular weight excluding hydrogens is 230 g/mol. The Balaban J connectivity index is 2.79. The van der Waals surface area contributed by atoms with Gasteiger partial charge in [-0.2, -0.15) is 0 Å². The number of fused-ring (bicyclic) bond motifs is 1. The molecule has 3 heteroatoms. The number of benzene rings is 1. The van der Waals surface area contributed by atoms with Crippen LogP contribution in [0, 0.1) is 0 Å². The standard InChI is InChI=1S/C10H8BrNO/c1-12-9-3-2-7(6-13)4-8(9)5-10(12)11/h2-6H,1H3. The number of aromatic nitrogens is 1. The van der Waals surface area contributed by atoms with Gasteiger partial charge in [0.05, 0.1) is 4.60 Å². The number of hydrogen-bond donors (Lipinski definition) is 0. The molecule has 0 aliphatic heterocycles. The second kappa shape index (κ2) is 3.00. The first-order valence-electron chi connectivity index (χ1n) is 3.92. The summed E-state index contributed by atoms with van der Waals surface area (Å²) in [6, 6.07) is 7.65. The maximum atomic E-state index is 10.5. The minimum Gasteiger partial charge on any atom is -0.338 e. The minimum absolute atomic E-state index is 0.714. The van der Waals surface area contributed by atoms with Gasteiger partial charge in [0.1, 0.15) is 6.29 Å². The molecule has 0 bridgehead atoms. The van der Waals surface area contributed by atoms with Crippen molar-refractivity contribution in [1.29, 1.82) is 0 Å². The lowest BCUT2D eigenvalue weighted by Gasteiger charge is -1.97. The molecule has 1 heterocycles. The third-order valence-electron chi connectivity index (χ3n) is 2.14. The van der Waals surface area contributed by atoms with Gasteiger partial charge in [0, 0.05) is 23.5 Å². The van der Waals surface area contributed by atoms with E-state index in [4.69, 9.17) is 0 Å². The number of aryl methyl sites for hydroxylation is 1. The molecule has 0 spiro atoms. The molecular formula is C10H8BrNO. The average Bonchev–Trinajstić information content (AvgIpc) is 2.42. The molecule has 13 heavy (non-hydrogen) atoms. The Morgan fingerprint density at radius 1 is 1.38 bits per heavy atom. The van der Waals surface area contributed by atoms with Crippen LogP contribution in [0.5, 0.6) is 0 Å². The van der Waals surface area contributed by atoms with Crippen molar-refractivity contribution < 1.29 is 4.79 Å². The SMILES string of the molecule is Cn1c(Br)cc2cc(C=O)ccc21. The zero-order valence-corrected chi connectivity index (χ0v) is 8.71. The molecule has 0 N–H and O–H groups in total. The number of nitrogens with zero attached hydrogens (tertiary/aromatic N) is 1. The lowest BCUT2D eigenvalue weighted by molar-refractivity contribution is 0.112. The Bertz CT molecular complexity index is 473. The third kappa shape index (κ3) is 1.29. The molecule has 1 aromatic carbocycles. The fourth-order valence-electron chi connectivity index (χ4n) is 1.41. The van der Waals surface area contributed by atoms with Gasteiger partial charge in [0.25, 0.3) is 0 Å². The molecule has 1 aromatic heterocycles. The van der Waals surface area contributed by atoms with E-state index in [-0.39, 0.29) is 0 Å². The fourth-order valence-corrected chi connectivity index (χ4v) is 1.85. The quantitative estimate of drug-likeness (QED) is 0.700. The summed E-state index contributed by atoms with van der Waals surface area (Å²) in [4.78, 5) is 10.5. The summed E-state index contributed by atoms with van der Waals surface area (Å²) in [6.07, 6.45) is 0.861. The van der Waals surface area contributed by atoms with Crippen LogP contribution in [0.25, 0.3) is 10.9 Å². The van der Waals surface area contributed by atoms with Crippen LogP contribution in [0.3, 0.4) is 0 Å². The van der Waals surface area contributed by atoms with Crippen molar-refractivity contribution in [3.05, 3.63) is 34.4 Å². The van der Waals surface area contributed by atoms with E-state index in [1.165, 1.54) is 0 Å². The van der Waals surface area contributed by atoms with Gasteiger partial charge in [-0.3, -0.25) is 4.79 Å². The summed E-state index contributed by atoms with van der Waals surface area (Å²) in [5.41, 5.74) is 1.84. The van der Waals surface area contributed by atoms with Crippen molar-refractivity contribution in [1.82, 2.24) is 4.57 Å². The van der Waals surface area contributed by atoms with E-state index in [1.807, 2.05) is 35.9 Å². The van der Waals surface area contributed by atoms with E-state index in [9.17, 15) is 4.79 Å². The smallest absolute Gasteiger partial charge is 0.150 e. The Hall–Kier alpha value is -1.09. The summed E-state index contributed by atoms with van der Waals surface area (Å²) < 4.78 is 3.05. The Morgan fingerprint density at radius 2 is 2.15 bits per heavy atom. The van der Waals surface area contributed by atoms with E-state index >= 15 is 0 Å². The predicted molar refractivity (Wildman–Crippen MR) is 56.0 cm³/mol. The van der Waals surface area contributed by atoms with Crippen LogP contribution in [-0.4, -0.2) is 10.9 Å². The number of carbonyl (C=O) groups excluding carboxylic acids is 1. The molecule has 0 unspecified atom stereocenters. The molecule has 0 aliphatic carbocycles. The number of hydrogen-bond acceptors (Lipinski definition) is 1. The number of rotatable bonds is 1. The largest absolute Gasteiger partial charge is 0.338 e. The highest BCUT2D eigenvalue weighted by Crippen LogP contribution is 2.23. The first kappa shape index (κ1) is 8.51. The van der Waals surface area contributed by atoms with Gasteiger partial charge in [0.2, 0.25) is 0 Å². The maximum absolute atomic E-state index is 10.5. The zero-order valence-electron chi connectivity index (χ0n) is 7.12. The van der Waals surface area contributed by atoms with Crippen molar-refractivity contribution in [3.8, 4) is 0 Å². The first-order valence-corrected chi connectivity index (χ1v) is 4.72. The summed E-state index contributed by atoms with van der Waals surface area (Å²) in [5.74, 6) is 0. The third-order valence-corrected chi connectivity index (χ3v) is 2.90. The van der Waals surface area contributed by atoms with Crippen molar-refractivity contribution in [2.45, 2.75) is 0 Å². The van der Waals surface area contributed by atoms with Gasteiger partial charge in [0.15, 0.2) is 0 Å². The van der Waals surface area contributed by atoms with E-state index < -0.39 is 0 Å². The molecule has 0 radical (unpaired) electrons. The molecule has 0 saturated heterocycles.